The number of para-hydroxylation sites is 1. The van der Waals surface area contributed by atoms with Crippen molar-refractivity contribution in [2.24, 2.45) is 0 Å². The molecule has 1 aliphatic carbocycles. The van der Waals surface area contributed by atoms with E-state index in [1.807, 2.05) is 30.3 Å². The highest BCUT2D eigenvalue weighted by atomic mass is 16.1. The molecule has 0 unspecified atom stereocenters. The quantitative estimate of drug-likeness (QED) is 0.882. The van der Waals surface area contributed by atoms with Crippen LogP contribution in [0.4, 0.5) is 0 Å². The van der Waals surface area contributed by atoms with Gasteiger partial charge in [-0.15, -0.1) is 0 Å². The van der Waals surface area contributed by atoms with Crippen molar-refractivity contribution in [3.8, 4) is 5.69 Å². The van der Waals surface area contributed by atoms with Crippen LogP contribution in [0.5, 0.6) is 0 Å². The number of benzene rings is 1. The summed E-state index contributed by atoms with van der Waals surface area (Å²) in [5.74, 6) is 0.842. The molecule has 3 rings (SSSR count). The van der Waals surface area contributed by atoms with Crippen molar-refractivity contribution in [2.75, 3.05) is 0 Å². The Morgan fingerprint density at radius 2 is 1.89 bits per heavy atom. The summed E-state index contributed by atoms with van der Waals surface area (Å²) in [5, 5.41) is 3.31. The molecule has 1 N–H and O–H groups in total. The van der Waals surface area contributed by atoms with E-state index in [0.717, 1.165) is 16.9 Å². The largest absolute Gasteiger partial charge is 0.294 e. The number of nitrogens with zero attached hydrogens (tertiary/aromatic N) is 1. The van der Waals surface area contributed by atoms with Gasteiger partial charge in [0.1, 0.15) is 0 Å². The third-order valence-electron chi connectivity index (χ3n) is 3.53. The fourth-order valence-corrected chi connectivity index (χ4v) is 2.47. The molecular formula is C15H18N2O. The Bertz CT molecular complexity index is 603. The number of aromatic amines is 1. The van der Waals surface area contributed by atoms with E-state index in [2.05, 4.69) is 18.9 Å². The minimum Gasteiger partial charge on any atom is -0.294 e. The second-order valence-corrected chi connectivity index (χ2v) is 5.34. The van der Waals surface area contributed by atoms with E-state index < -0.39 is 0 Å². The van der Waals surface area contributed by atoms with Gasteiger partial charge < -0.3 is 0 Å². The minimum atomic E-state index is 0.109. The first kappa shape index (κ1) is 11.3. The van der Waals surface area contributed by atoms with Crippen LogP contribution in [0.3, 0.4) is 0 Å². The van der Waals surface area contributed by atoms with Crippen LogP contribution >= 0.6 is 0 Å². The number of H-pyrrole nitrogens is 1. The molecule has 3 heteroatoms. The Morgan fingerprint density at radius 1 is 1.22 bits per heavy atom. The molecular weight excluding hydrogens is 224 g/mol. The maximum absolute atomic E-state index is 12.5. The lowest BCUT2D eigenvalue weighted by molar-refractivity contribution is 0.816. The second-order valence-electron chi connectivity index (χ2n) is 5.34. The maximum atomic E-state index is 12.5. The normalized spacial score (nSPS) is 15.3. The third kappa shape index (κ3) is 1.80. The first-order valence-corrected chi connectivity index (χ1v) is 6.58. The summed E-state index contributed by atoms with van der Waals surface area (Å²) in [6.07, 6.45) is 2.41. The van der Waals surface area contributed by atoms with Crippen molar-refractivity contribution < 1.29 is 0 Å². The summed E-state index contributed by atoms with van der Waals surface area (Å²) in [5.41, 5.74) is 3.13. The van der Waals surface area contributed by atoms with Gasteiger partial charge in [0.25, 0.3) is 5.56 Å². The molecule has 94 valence electrons. The Kier molecular flexibility index (Phi) is 2.62. The van der Waals surface area contributed by atoms with E-state index in [-0.39, 0.29) is 11.5 Å². The number of aromatic nitrogens is 2. The van der Waals surface area contributed by atoms with Gasteiger partial charge in [-0.2, -0.15) is 0 Å². The Morgan fingerprint density at radius 3 is 2.44 bits per heavy atom. The van der Waals surface area contributed by atoms with Crippen molar-refractivity contribution in [1.82, 2.24) is 9.78 Å². The van der Waals surface area contributed by atoms with Crippen LogP contribution in [0.1, 0.15) is 49.8 Å². The highest BCUT2D eigenvalue weighted by Gasteiger charge is 2.31. The topological polar surface area (TPSA) is 37.8 Å². The molecule has 1 saturated carbocycles. The summed E-state index contributed by atoms with van der Waals surface area (Å²) in [7, 11) is 0. The lowest BCUT2D eigenvalue weighted by atomic mass is 10.0. The summed E-state index contributed by atoms with van der Waals surface area (Å²) < 4.78 is 1.68. The molecule has 0 amide bonds. The van der Waals surface area contributed by atoms with E-state index in [0.29, 0.717) is 5.92 Å². The van der Waals surface area contributed by atoms with E-state index >= 15 is 0 Å². The highest BCUT2D eigenvalue weighted by molar-refractivity contribution is 5.35. The molecule has 2 aromatic rings. The van der Waals surface area contributed by atoms with Gasteiger partial charge in [0.05, 0.1) is 5.69 Å². The van der Waals surface area contributed by atoms with Gasteiger partial charge in [-0.25, -0.2) is 4.68 Å². The summed E-state index contributed by atoms with van der Waals surface area (Å²) in [6.45, 7) is 4.18. The molecule has 18 heavy (non-hydrogen) atoms. The first-order chi connectivity index (χ1) is 8.68. The van der Waals surface area contributed by atoms with E-state index in [4.69, 9.17) is 0 Å². The van der Waals surface area contributed by atoms with Crippen molar-refractivity contribution in [3.63, 3.8) is 0 Å². The van der Waals surface area contributed by atoms with Crippen LogP contribution in [0.2, 0.25) is 0 Å². The zero-order chi connectivity index (χ0) is 12.7. The Labute approximate surface area is 106 Å². The van der Waals surface area contributed by atoms with Gasteiger partial charge in [0.2, 0.25) is 0 Å². The van der Waals surface area contributed by atoms with Gasteiger partial charge >= 0.3 is 0 Å². The summed E-state index contributed by atoms with van der Waals surface area (Å²) in [6, 6.07) is 9.78. The number of hydrogen-bond donors (Lipinski definition) is 1. The van der Waals surface area contributed by atoms with Crippen molar-refractivity contribution in [2.45, 2.75) is 38.5 Å². The smallest absolute Gasteiger partial charge is 0.274 e. The van der Waals surface area contributed by atoms with E-state index in [9.17, 15) is 4.79 Å². The molecule has 0 atom stereocenters. The minimum absolute atomic E-state index is 0.109. The molecule has 1 aromatic carbocycles. The van der Waals surface area contributed by atoms with Crippen molar-refractivity contribution in [3.05, 3.63) is 51.9 Å². The SMILES string of the molecule is CC(C)c1c(C2CC2)[nH]n(-c2ccccc2)c1=O. The van der Waals surface area contributed by atoms with E-state index in [1.54, 1.807) is 4.68 Å². The fraction of sp³-hybridized carbons (Fsp3) is 0.400. The highest BCUT2D eigenvalue weighted by Crippen LogP contribution is 2.41. The van der Waals surface area contributed by atoms with Crippen molar-refractivity contribution >= 4 is 0 Å². The van der Waals surface area contributed by atoms with Crippen LogP contribution in [-0.4, -0.2) is 9.78 Å². The van der Waals surface area contributed by atoms with Crippen LogP contribution in [0, 0.1) is 0 Å². The van der Waals surface area contributed by atoms with Gasteiger partial charge in [0.15, 0.2) is 0 Å². The van der Waals surface area contributed by atoms with Crippen LogP contribution in [0.25, 0.3) is 5.69 Å². The fourth-order valence-electron chi connectivity index (χ4n) is 2.47. The average Bonchev–Trinajstić information content (AvgIpc) is 3.14. The molecule has 1 heterocycles. The number of hydrogen-bond acceptors (Lipinski definition) is 1. The van der Waals surface area contributed by atoms with Gasteiger partial charge in [-0.1, -0.05) is 32.0 Å². The monoisotopic (exact) mass is 242 g/mol. The van der Waals surface area contributed by atoms with Gasteiger partial charge in [0, 0.05) is 17.2 Å². The molecule has 1 fully saturated rings. The number of rotatable bonds is 3. The average molecular weight is 242 g/mol. The molecule has 0 spiro atoms. The predicted molar refractivity (Wildman–Crippen MR) is 72.5 cm³/mol. The molecule has 0 saturated heterocycles. The second kappa shape index (κ2) is 4.16. The lowest BCUT2D eigenvalue weighted by Crippen LogP contribution is -2.17. The lowest BCUT2D eigenvalue weighted by Gasteiger charge is -2.02. The number of nitrogens with one attached hydrogen (secondary N) is 1. The third-order valence-corrected chi connectivity index (χ3v) is 3.53. The molecule has 0 aliphatic heterocycles. The van der Waals surface area contributed by atoms with Crippen LogP contribution in [0.15, 0.2) is 35.1 Å². The molecule has 3 nitrogen and oxygen atoms in total. The zero-order valence-corrected chi connectivity index (χ0v) is 10.8. The Balaban J connectivity index is 2.17. The van der Waals surface area contributed by atoms with Crippen LogP contribution in [-0.2, 0) is 0 Å². The van der Waals surface area contributed by atoms with Gasteiger partial charge in [-0.3, -0.25) is 9.89 Å². The zero-order valence-electron chi connectivity index (χ0n) is 10.8. The molecule has 0 bridgehead atoms. The summed E-state index contributed by atoms with van der Waals surface area (Å²) >= 11 is 0. The first-order valence-electron chi connectivity index (χ1n) is 6.58. The van der Waals surface area contributed by atoms with E-state index in [1.165, 1.54) is 12.8 Å². The molecule has 1 aromatic heterocycles. The van der Waals surface area contributed by atoms with Gasteiger partial charge in [-0.05, 0) is 30.9 Å². The standard InChI is InChI=1S/C15H18N2O/c1-10(2)13-14(11-8-9-11)16-17(15(13)18)12-6-4-3-5-7-12/h3-7,10-11,16H,8-9H2,1-2H3. The van der Waals surface area contributed by atoms with Crippen LogP contribution < -0.4 is 5.56 Å². The maximum Gasteiger partial charge on any atom is 0.274 e. The Hall–Kier alpha value is -1.77. The summed E-state index contributed by atoms with van der Waals surface area (Å²) in [4.78, 5) is 12.5. The predicted octanol–water partition coefficient (Wildman–Crippen LogP) is 3.17. The molecule has 1 aliphatic rings. The van der Waals surface area contributed by atoms with Crippen molar-refractivity contribution in [1.29, 1.82) is 0 Å². The molecule has 0 radical (unpaired) electrons.